The summed E-state index contributed by atoms with van der Waals surface area (Å²) in [5.74, 6) is -1.15. The van der Waals surface area contributed by atoms with Crippen LogP contribution in [0.25, 0.3) is 0 Å². The summed E-state index contributed by atoms with van der Waals surface area (Å²) in [6.07, 6.45) is -0.597. The van der Waals surface area contributed by atoms with E-state index < -0.39 is 30.2 Å². The topological polar surface area (TPSA) is 93.7 Å². The van der Waals surface area contributed by atoms with E-state index in [0.29, 0.717) is 16.4 Å². The predicted molar refractivity (Wildman–Crippen MR) is 107 cm³/mol. The van der Waals surface area contributed by atoms with Gasteiger partial charge >= 0.3 is 12.1 Å². The van der Waals surface area contributed by atoms with Crippen LogP contribution in [-0.4, -0.2) is 30.2 Å². The molecule has 0 unspecified atom stereocenters. The van der Waals surface area contributed by atoms with Gasteiger partial charge in [-0.2, -0.15) is 0 Å². The van der Waals surface area contributed by atoms with Crippen molar-refractivity contribution in [3.8, 4) is 0 Å². The van der Waals surface area contributed by atoms with E-state index in [2.05, 4.69) is 10.6 Å². The lowest BCUT2D eigenvalue weighted by molar-refractivity contribution is -0.119. The van der Waals surface area contributed by atoms with Crippen molar-refractivity contribution in [1.82, 2.24) is 0 Å². The van der Waals surface area contributed by atoms with E-state index in [0.717, 1.165) is 0 Å². The molecule has 7 nitrogen and oxygen atoms in total. The molecule has 0 bridgehead atoms. The van der Waals surface area contributed by atoms with Gasteiger partial charge in [-0.3, -0.25) is 10.1 Å². The van der Waals surface area contributed by atoms with Crippen LogP contribution in [0.2, 0.25) is 5.02 Å². The lowest BCUT2D eigenvalue weighted by Crippen LogP contribution is -2.27. The van der Waals surface area contributed by atoms with Crippen LogP contribution in [0.1, 0.15) is 31.1 Å². The molecule has 148 valence electrons. The second kappa shape index (κ2) is 9.23. The maximum absolute atomic E-state index is 12.0. The Morgan fingerprint density at radius 1 is 0.964 bits per heavy atom. The summed E-state index contributed by atoms with van der Waals surface area (Å²) in [5, 5.41) is 5.62. The van der Waals surface area contributed by atoms with E-state index in [1.807, 2.05) is 0 Å². The highest BCUT2D eigenvalue weighted by atomic mass is 35.5. The molecular weight excluding hydrogens is 384 g/mol. The van der Waals surface area contributed by atoms with Crippen LogP contribution in [0.4, 0.5) is 16.2 Å². The number of amides is 2. The number of hydrogen-bond donors (Lipinski definition) is 2. The molecule has 2 amide bonds. The van der Waals surface area contributed by atoms with Gasteiger partial charge in [-0.15, -0.1) is 0 Å². The van der Waals surface area contributed by atoms with Gasteiger partial charge in [0.05, 0.1) is 5.56 Å². The van der Waals surface area contributed by atoms with E-state index in [1.165, 1.54) is 24.3 Å². The van der Waals surface area contributed by atoms with Crippen molar-refractivity contribution in [2.24, 2.45) is 0 Å². The summed E-state index contributed by atoms with van der Waals surface area (Å²) in [6.45, 7) is 4.83. The average Bonchev–Trinajstić information content (AvgIpc) is 2.58. The van der Waals surface area contributed by atoms with E-state index >= 15 is 0 Å². The van der Waals surface area contributed by atoms with Crippen LogP contribution in [0.15, 0.2) is 48.5 Å². The second-order valence-electron chi connectivity index (χ2n) is 6.84. The minimum absolute atomic E-state index is 0.241. The molecule has 0 radical (unpaired) electrons. The van der Waals surface area contributed by atoms with Crippen LogP contribution in [0.5, 0.6) is 0 Å². The Morgan fingerprint density at radius 2 is 1.64 bits per heavy atom. The molecule has 0 saturated heterocycles. The zero-order chi connectivity index (χ0) is 20.7. The molecule has 0 atom stereocenters. The van der Waals surface area contributed by atoms with Gasteiger partial charge in [0.1, 0.15) is 5.60 Å². The standard InChI is InChI=1S/C20H21ClN2O5/c1-20(2,3)28-19(26)23-15-9-7-13(8-10-15)18(25)27-12-17(24)22-16-6-4-5-14(21)11-16/h4-11H,12H2,1-3H3,(H,22,24)(H,23,26). The molecule has 2 N–H and O–H groups in total. The van der Waals surface area contributed by atoms with Gasteiger partial charge in [0.15, 0.2) is 6.61 Å². The number of benzene rings is 2. The van der Waals surface area contributed by atoms with Gasteiger partial charge in [-0.05, 0) is 63.2 Å². The summed E-state index contributed by atoms with van der Waals surface area (Å²) in [6, 6.07) is 12.6. The third-order valence-electron chi connectivity index (χ3n) is 3.21. The number of halogens is 1. The average molecular weight is 405 g/mol. The molecule has 0 spiro atoms. The van der Waals surface area contributed by atoms with E-state index in [9.17, 15) is 14.4 Å². The molecule has 0 fully saturated rings. The van der Waals surface area contributed by atoms with Crippen molar-refractivity contribution < 1.29 is 23.9 Å². The number of anilines is 2. The van der Waals surface area contributed by atoms with Gasteiger partial charge in [0.25, 0.3) is 5.91 Å². The first kappa shape index (κ1) is 21.2. The third kappa shape index (κ3) is 7.28. The number of carbonyl (C=O) groups is 3. The summed E-state index contributed by atoms with van der Waals surface area (Å²) < 4.78 is 10.1. The van der Waals surface area contributed by atoms with Crippen molar-refractivity contribution in [2.75, 3.05) is 17.2 Å². The van der Waals surface area contributed by atoms with Crippen LogP contribution in [0.3, 0.4) is 0 Å². The molecule has 2 aromatic rings. The molecule has 0 heterocycles. The van der Waals surface area contributed by atoms with Gasteiger partial charge in [-0.25, -0.2) is 9.59 Å². The fourth-order valence-electron chi connectivity index (χ4n) is 2.09. The Balaban J connectivity index is 1.84. The zero-order valence-corrected chi connectivity index (χ0v) is 16.5. The van der Waals surface area contributed by atoms with E-state index in [4.69, 9.17) is 21.1 Å². The molecule has 0 aliphatic rings. The van der Waals surface area contributed by atoms with Gasteiger partial charge in [0, 0.05) is 16.4 Å². The van der Waals surface area contributed by atoms with Crippen LogP contribution < -0.4 is 10.6 Å². The van der Waals surface area contributed by atoms with Crippen molar-refractivity contribution >= 4 is 40.9 Å². The molecular formula is C20H21ClN2O5. The Hall–Kier alpha value is -3.06. The predicted octanol–water partition coefficient (Wildman–Crippen LogP) is 4.48. The summed E-state index contributed by atoms with van der Waals surface area (Å²) in [5.41, 5.74) is 0.598. The largest absolute Gasteiger partial charge is 0.452 e. The third-order valence-corrected chi connectivity index (χ3v) is 3.44. The Labute approximate surface area is 168 Å². The number of nitrogens with one attached hydrogen (secondary N) is 2. The molecule has 0 aromatic heterocycles. The maximum atomic E-state index is 12.0. The Kier molecular flexibility index (Phi) is 7.00. The number of rotatable bonds is 5. The van der Waals surface area contributed by atoms with Gasteiger partial charge in [0.2, 0.25) is 0 Å². The smallest absolute Gasteiger partial charge is 0.412 e. The lowest BCUT2D eigenvalue weighted by atomic mass is 10.2. The number of hydrogen-bond acceptors (Lipinski definition) is 5. The SMILES string of the molecule is CC(C)(C)OC(=O)Nc1ccc(C(=O)OCC(=O)Nc2cccc(Cl)c2)cc1. The van der Waals surface area contributed by atoms with Crippen molar-refractivity contribution in [3.05, 3.63) is 59.1 Å². The fourth-order valence-corrected chi connectivity index (χ4v) is 2.28. The molecule has 8 heteroatoms. The monoisotopic (exact) mass is 404 g/mol. The molecule has 0 aliphatic heterocycles. The Morgan fingerprint density at radius 3 is 2.25 bits per heavy atom. The molecule has 0 saturated carbocycles. The lowest BCUT2D eigenvalue weighted by Gasteiger charge is -2.19. The zero-order valence-electron chi connectivity index (χ0n) is 15.7. The highest BCUT2D eigenvalue weighted by Crippen LogP contribution is 2.15. The second-order valence-corrected chi connectivity index (χ2v) is 7.28. The highest BCUT2D eigenvalue weighted by Gasteiger charge is 2.16. The highest BCUT2D eigenvalue weighted by molar-refractivity contribution is 6.30. The fraction of sp³-hybridized carbons (Fsp3) is 0.250. The number of carbonyl (C=O) groups excluding carboxylic acids is 3. The first-order valence-corrected chi connectivity index (χ1v) is 8.83. The van der Waals surface area contributed by atoms with Gasteiger partial charge < -0.3 is 14.8 Å². The minimum atomic E-state index is -0.662. The first-order valence-electron chi connectivity index (χ1n) is 8.45. The van der Waals surface area contributed by atoms with Gasteiger partial charge in [-0.1, -0.05) is 17.7 Å². The number of esters is 1. The molecule has 2 rings (SSSR count). The quantitative estimate of drug-likeness (QED) is 0.716. The molecule has 2 aromatic carbocycles. The van der Waals surface area contributed by atoms with E-state index in [-0.39, 0.29) is 5.56 Å². The van der Waals surface area contributed by atoms with E-state index in [1.54, 1.807) is 45.0 Å². The van der Waals surface area contributed by atoms with Crippen molar-refractivity contribution in [2.45, 2.75) is 26.4 Å². The van der Waals surface area contributed by atoms with Crippen molar-refractivity contribution in [1.29, 1.82) is 0 Å². The minimum Gasteiger partial charge on any atom is -0.452 e. The van der Waals surface area contributed by atoms with Crippen LogP contribution in [-0.2, 0) is 14.3 Å². The Bertz CT molecular complexity index is 860. The molecule has 28 heavy (non-hydrogen) atoms. The molecule has 0 aliphatic carbocycles. The first-order chi connectivity index (χ1) is 13.1. The summed E-state index contributed by atoms with van der Waals surface area (Å²) in [4.78, 5) is 35.6. The van der Waals surface area contributed by atoms with Crippen molar-refractivity contribution in [3.63, 3.8) is 0 Å². The van der Waals surface area contributed by atoms with Crippen LogP contribution >= 0.6 is 11.6 Å². The summed E-state index contributed by atoms with van der Waals surface area (Å²) in [7, 11) is 0. The van der Waals surface area contributed by atoms with Crippen LogP contribution in [0, 0.1) is 0 Å². The maximum Gasteiger partial charge on any atom is 0.412 e. The number of ether oxygens (including phenoxy) is 2. The summed E-state index contributed by atoms with van der Waals surface area (Å²) >= 11 is 5.84. The normalized spacial score (nSPS) is 10.7.